The smallest absolute Gasteiger partial charge is 0.255 e. The van der Waals surface area contributed by atoms with Crippen molar-refractivity contribution in [3.63, 3.8) is 0 Å². The number of fused-ring (bicyclic) bond motifs is 1. The lowest BCUT2D eigenvalue weighted by molar-refractivity contribution is -0.113. The van der Waals surface area contributed by atoms with E-state index in [-0.39, 0.29) is 5.91 Å². The maximum Gasteiger partial charge on any atom is 0.255 e. The molecule has 0 fully saturated rings. The molecule has 0 aliphatic carbocycles. The summed E-state index contributed by atoms with van der Waals surface area (Å²) >= 11 is 9.24. The van der Waals surface area contributed by atoms with Gasteiger partial charge in [0, 0.05) is 27.1 Å². The van der Waals surface area contributed by atoms with Gasteiger partial charge in [-0.1, -0.05) is 65.8 Å². The molecular weight excluding hydrogens is 522 g/mol. The van der Waals surface area contributed by atoms with Gasteiger partial charge in [0.25, 0.3) is 5.91 Å². The fraction of sp³-hybridized carbons (Fsp3) is 0.179. The van der Waals surface area contributed by atoms with Crippen molar-refractivity contribution in [2.45, 2.75) is 35.7 Å². The average molecular weight is 548 g/mol. The van der Waals surface area contributed by atoms with E-state index in [9.17, 15) is 4.79 Å². The SMILES string of the molecule is CSc1ccc([C@H]2C(C(=O)Nc3ccccc3C)=C(C)Nc3nc(SCc4ccc(Cl)cc4)nn32)cc1. The van der Waals surface area contributed by atoms with Crippen LogP contribution in [0, 0.1) is 6.92 Å². The van der Waals surface area contributed by atoms with Gasteiger partial charge in [0.05, 0.1) is 5.57 Å². The highest BCUT2D eigenvalue weighted by atomic mass is 35.5. The number of benzene rings is 3. The van der Waals surface area contributed by atoms with Gasteiger partial charge in [-0.05, 0) is 67.1 Å². The average Bonchev–Trinajstić information content (AvgIpc) is 3.31. The molecule has 5 rings (SSSR count). The molecule has 0 saturated heterocycles. The van der Waals surface area contributed by atoms with Crippen LogP contribution < -0.4 is 10.6 Å². The van der Waals surface area contributed by atoms with Gasteiger partial charge in [-0.15, -0.1) is 16.9 Å². The number of carbonyl (C=O) groups is 1. The van der Waals surface area contributed by atoms with Crippen molar-refractivity contribution in [3.05, 3.63) is 106 Å². The summed E-state index contributed by atoms with van der Waals surface area (Å²) in [4.78, 5) is 19.6. The van der Waals surface area contributed by atoms with Crippen LogP contribution in [-0.4, -0.2) is 26.9 Å². The zero-order valence-electron chi connectivity index (χ0n) is 20.7. The van der Waals surface area contributed by atoms with Crippen LogP contribution in [0.2, 0.25) is 5.02 Å². The fourth-order valence-corrected chi connectivity index (χ4v) is 5.53. The number of aryl methyl sites for hydroxylation is 1. The molecule has 2 N–H and O–H groups in total. The Labute approximate surface area is 229 Å². The van der Waals surface area contributed by atoms with Crippen molar-refractivity contribution in [1.29, 1.82) is 0 Å². The molecule has 0 bridgehead atoms. The van der Waals surface area contributed by atoms with Gasteiger partial charge in [-0.25, -0.2) is 4.68 Å². The Bertz CT molecular complexity index is 1460. The van der Waals surface area contributed by atoms with Crippen molar-refractivity contribution in [2.24, 2.45) is 0 Å². The summed E-state index contributed by atoms with van der Waals surface area (Å²) in [5.74, 6) is 1.15. The maximum atomic E-state index is 13.7. The molecule has 188 valence electrons. The predicted octanol–water partition coefficient (Wildman–Crippen LogP) is 7.18. The van der Waals surface area contributed by atoms with Crippen LogP contribution in [0.15, 0.2) is 94.1 Å². The van der Waals surface area contributed by atoms with Gasteiger partial charge in [0.15, 0.2) is 0 Å². The van der Waals surface area contributed by atoms with E-state index in [0.29, 0.717) is 27.5 Å². The predicted molar refractivity (Wildman–Crippen MR) is 154 cm³/mol. The first-order chi connectivity index (χ1) is 17.9. The minimum absolute atomic E-state index is 0.172. The summed E-state index contributed by atoms with van der Waals surface area (Å²) < 4.78 is 1.82. The first-order valence-corrected chi connectivity index (χ1v) is 14.3. The highest BCUT2D eigenvalue weighted by Gasteiger charge is 2.34. The molecule has 4 aromatic rings. The third kappa shape index (κ3) is 5.56. The second-order valence-electron chi connectivity index (χ2n) is 8.69. The molecule has 37 heavy (non-hydrogen) atoms. The quantitative estimate of drug-likeness (QED) is 0.239. The van der Waals surface area contributed by atoms with Crippen molar-refractivity contribution in [1.82, 2.24) is 14.8 Å². The van der Waals surface area contributed by atoms with Crippen molar-refractivity contribution >= 4 is 52.7 Å². The van der Waals surface area contributed by atoms with E-state index < -0.39 is 6.04 Å². The number of carbonyl (C=O) groups excluding carboxylic acids is 1. The summed E-state index contributed by atoms with van der Waals surface area (Å²) in [6, 6.07) is 23.4. The zero-order chi connectivity index (χ0) is 25.9. The Kier molecular flexibility index (Phi) is 7.60. The lowest BCUT2D eigenvalue weighted by atomic mass is 9.95. The number of thioether (sulfide) groups is 2. The number of anilines is 2. The van der Waals surface area contributed by atoms with Gasteiger partial charge >= 0.3 is 0 Å². The zero-order valence-corrected chi connectivity index (χ0v) is 23.0. The Morgan fingerprint density at radius 2 is 1.78 bits per heavy atom. The van der Waals surface area contributed by atoms with Crippen LogP contribution in [0.5, 0.6) is 0 Å². The van der Waals surface area contributed by atoms with E-state index in [4.69, 9.17) is 21.7 Å². The molecule has 1 aromatic heterocycles. The van der Waals surface area contributed by atoms with Gasteiger partial charge in [-0.3, -0.25) is 4.79 Å². The molecule has 1 aliphatic rings. The number of rotatable bonds is 7. The fourth-order valence-electron chi connectivity index (χ4n) is 4.21. The minimum atomic E-state index is -0.423. The topological polar surface area (TPSA) is 71.8 Å². The molecule has 2 heterocycles. The maximum absolute atomic E-state index is 13.7. The molecular formula is C28H26ClN5OS2. The Hall–Kier alpha value is -3.20. The first kappa shape index (κ1) is 25.4. The van der Waals surface area contributed by atoms with E-state index >= 15 is 0 Å². The standard InChI is InChI=1S/C28H26ClN5OS2/c1-17-6-4-5-7-23(17)31-26(35)24-18(2)30-27-32-28(37-16-19-8-12-21(29)13-9-19)33-34(27)25(24)20-10-14-22(36-3)15-11-20/h4-15,25H,16H2,1-3H3,(H,31,35)(H,30,32,33)/t25-/m0/s1. The summed E-state index contributed by atoms with van der Waals surface area (Å²) in [6.45, 7) is 3.89. The number of allylic oxidation sites excluding steroid dienone is 1. The van der Waals surface area contributed by atoms with Crippen molar-refractivity contribution in [2.75, 3.05) is 16.9 Å². The molecule has 9 heteroatoms. The van der Waals surface area contributed by atoms with Crippen LogP contribution in [0.25, 0.3) is 0 Å². The molecule has 3 aromatic carbocycles. The van der Waals surface area contributed by atoms with E-state index in [1.165, 1.54) is 0 Å². The molecule has 1 aliphatic heterocycles. The van der Waals surface area contributed by atoms with E-state index in [1.807, 2.05) is 73.3 Å². The van der Waals surface area contributed by atoms with Crippen LogP contribution in [0.1, 0.15) is 29.7 Å². The number of amides is 1. The lowest BCUT2D eigenvalue weighted by Crippen LogP contribution is -2.31. The highest BCUT2D eigenvalue weighted by Crippen LogP contribution is 2.37. The minimum Gasteiger partial charge on any atom is -0.328 e. The Morgan fingerprint density at radius 3 is 2.49 bits per heavy atom. The number of para-hydroxylation sites is 1. The summed E-state index contributed by atoms with van der Waals surface area (Å²) in [7, 11) is 0. The largest absolute Gasteiger partial charge is 0.328 e. The molecule has 0 saturated carbocycles. The molecule has 1 atom stereocenters. The number of hydrogen-bond donors (Lipinski definition) is 2. The Balaban J connectivity index is 1.49. The molecule has 0 spiro atoms. The number of hydrogen-bond acceptors (Lipinski definition) is 6. The van der Waals surface area contributed by atoms with E-state index in [0.717, 1.165) is 33.0 Å². The number of halogens is 1. The monoisotopic (exact) mass is 547 g/mol. The lowest BCUT2D eigenvalue weighted by Gasteiger charge is -2.29. The normalized spacial score (nSPS) is 14.8. The third-order valence-corrected chi connectivity index (χ3v) is 8.09. The van der Waals surface area contributed by atoms with Crippen molar-refractivity contribution < 1.29 is 4.79 Å². The second-order valence-corrected chi connectivity index (χ2v) is 10.9. The molecule has 1 amide bonds. The van der Waals surface area contributed by atoms with Crippen LogP contribution >= 0.6 is 35.1 Å². The van der Waals surface area contributed by atoms with Gasteiger partial charge in [0.1, 0.15) is 6.04 Å². The van der Waals surface area contributed by atoms with Crippen molar-refractivity contribution in [3.8, 4) is 0 Å². The Morgan fingerprint density at radius 1 is 1.05 bits per heavy atom. The van der Waals surface area contributed by atoms with E-state index in [1.54, 1.807) is 23.5 Å². The first-order valence-electron chi connectivity index (χ1n) is 11.8. The summed E-state index contributed by atoms with van der Waals surface area (Å²) in [5, 5.41) is 12.6. The highest BCUT2D eigenvalue weighted by molar-refractivity contribution is 7.98. The van der Waals surface area contributed by atoms with Crippen LogP contribution in [0.3, 0.4) is 0 Å². The molecule has 6 nitrogen and oxygen atoms in total. The number of aromatic nitrogens is 3. The van der Waals surface area contributed by atoms with Gasteiger partial charge in [-0.2, -0.15) is 4.98 Å². The van der Waals surface area contributed by atoms with E-state index in [2.05, 4.69) is 34.9 Å². The number of nitrogens with one attached hydrogen (secondary N) is 2. The number of nitrogens with zero attached hydrogens (tertiary/aromatic N) is 3. The summed E-state index contributed by atoms with van der Waals surface area (Å²) in [5.41, 5.74) is 5.24. The molecule has 0 unspecified atom stereocenters. The van der Waals surface area contributed by atoms with Crippen LogP contribution in [0.4, 0.5) is 11.6 Å². The molecule has 0 radical (unpaired) electrons. The van der Waals surface area contributed by atoms with Gasteiger partial charge < -0.3 is 10.6 Å². The van der Waals surface area contributed by atoms with Gasteiger partial charge in [0.2, 0.25) is 11.1 Å². The third-order valence-electron chi connectivity index (χ3n) is 6.18. The van der Waals surface area contributed by atoms with Crippen LogP contribution in [-0.2, 0) is 10.5 Å². The second kappa shape index (κ2) is 11.0. The summed E-state index contributed by atoms with van der Waals surface area (Å²) in [6.07, 6.45) is 2.05.